The molecule has 1 heterocycles. The summed E-state index contributed by atoms with van der Waals surface area (Å²) in [5.74, 6) is -0.916. The van der Waals surface area contributed by atoms with E-state index in [1.54, 1.807) is 12.1 Å². The third-order valence-electron chi connectivity index (χ3n) is 4.39. The largest absolute Gasteiger partial charge is 0.494 e. The fourth-order valence-corrected chi connectivity index (χ4v) is 3.05. The molecule has 0 aromatic heterocycles. The molecule has 0 unspecified atom stereocenters. The summed E-state index contributed by atoms with van der Waals surface area (Å²) in [4.78, 5) is 26.6. The van der Waals surface area contributed by atoms with Crippen LogP contribution in [0.15, 0.2) is 48.5 Å². The Hall–Kier alpha value is -2.89. The van der Waals surface area contributed by atoms with E-state index in [4.69, 9.17) is 4.74 Å². The van der Waals surface area contributed by atoms with E-state index in [1.165, 1.54) is 17.0 Å². The first-order valence-corrected chi connectivity index (χ1v) is 8.65. The number of hydrogen-bond acceptors (Lipinski definition) is 3. The maximum absolute atomic E-state index is 13.0. The zero-order valence-corrected chi connectivity index (χ0v) is 14.6. The number of para-hydroxylation sites is 1. The molecule has 1 aliphatic heterocycles. The highest BCUT2D eigenvalue weighted by Gasteiger charge is 2.37. The second-order valence-corrected chi connectivity index (χ2v) is 6.07. The molecule has 1 aliphatic rings. The van der Waals surface area contributed by atoms with Crippen molar-refractivity contribution in [3.05, 3.63) is 59.9 Å². The molecule has 0 radical (unpaired) electrons. The Bertz CT molecular complexity index is 792. The molecule has 5 nitrogen and oxygen atoms in total. The van der Waals surface area contributed by atoms with E-state index in [0.717, 1.165) is 11.3 Å². The Morgan fingerprint density at radius 3 is 2.69 bits per heavy atom. The lowest BCUT2D eigenvalue weighted by atomic mass is 10.1. The fraction of sp³-hybridized carbons (Fsp3) is 0.300. The standard InChI is InChI=1S/C20H21FN2O3/c1-2-26-18-6-4-3-5-14(18)13-22-19(24)17-11-12-23(20(17)25)16-9-7-15(21)8-10-16/h3-10,17H,2,11-13H2,1H3,(H,22,24)/t17-/m0/s1. The van der Waals surface area contributed by atoms with E-state index >= 15 is 0 Å². The van der Waals surface area contributed by atoms with Gasteiger partial charge in [0.15, 0.2) is 0 Å². The van der Waals surface area contributed by atoms with Gasteiger partial charge in [0.1, 0.15) is 17.5 Å². The lowest BCUT2D eigenvalue weighted by Crippen LogP contribution is -2.36. The van der Waals surface area contributed by atoms with Crippen LogP contribution < -0.4 is 15.0 Å². The number of nitrogens with one attached hydrogen (secondary N) is 1. The summed E-state index contributed by atoms with van der Waals surface area (Å²) < 4.78 is 18.6. The molecule has 2 aromatic carbocycles. The smallest absolute Gasteiger partial charge is 0.239 e. The SMILES string of the molecule is CCOc1ccccc1CNC(=O)[C@@H]1CCN(c2ccc(F)cc2)C1=O. The third-order valence-corrected chi connectivity index (χ3v) is 4.39. The van der Waals surface area contributed by atoms with Crippen molar-refractivity contribution in [1.82, 2.24) is 5.32 Å². The van der Waals surface area contributed by atoms with E-state index < -0.39 is 5.92 Å². The highest BCUT2D eigenvalue weighted by Crippen LogP contribution is 2.26. The minimum absolute atomic E-state index is 0.257. The summed E-state index contributed by atoms with van der Waals surface area (Å²) in [6.07, 6.45) is 0.440. The average Bonchev–Trinajstić information content (AvgIpc) is 3.03. The average molecular weight is 356 g/mol. The predicted molar refractivity (Wildman–Crippen MR) is 96.3 cm³/mol. The van der Waals surface area contributed by atoms with Gasteiger partial charge in [0, 0.05) is 24.3 Å². The van der Waals surface area contributed by atoms with E-state index in [0.29, 0.717) is 31.8 Å². The Labute approximate surface area is 151 Å². The number of hydrogen-bond donors (Lipinski definition) is 1. The van der Waals surface area contributed by atoms with Crippen LogP contribution in [0.2, 0.25) is 0 Å². The van der Waals surface area contributed by atoms with Crippen molar-refractivity contribution < 1.29 is 18.7 Å². The molecule has 1 fully saturated rings. The Balaban J connectivity index is 1.62. The Morgan fingerprint density at radius 2 is 1.96 bits per heavy atom. The van der Waals surface area contributed by atoms with E-state index in [-0.39, 0.29) is 17.6 Å². The molecule has 1 atom stereocenters. The van der Waals surface area contributed by atoms with Gasteiger partial charge in [-0.15, -0.1) is 0 Å². The number of amides is 2. The molecule has 0 saturated carbocycles. The summed E-state index contributed by atoms with van der Waals surface area (Å²) in [6.45, 7) is 3.18. The van der Waals surface area contributed by atoms with Crippen LogP contribution >= 0.6 is 0 Å². The second kappa shape index (κ2) is 7.99. The van der Waals surface area contributed by atoms with Gasteiger partial charge in [-0.3, -0.25) is 9.59 Å². The summed E-state index contributed by atoms with van der Waals surface area (Å²) in [7, 11) is 0. The second-order valence-electron chi connectivity index (χ2n) is 6.07. The van der Waals surface area contributed by atoms with Crippen LogP contribution in [0.1, 0.15) is 18.9 Å². The Morgan fingerprint density at radius 1 is 1.23 bits per heavy atom. The number of carbonyl (C=O) groups excluding carboxylic acids is 2. The van der Waals surface area contributed by atoms with Gasteiger partial charge in [-0.2, -0.15) is 0 Å². The number of halogens is 1. The quantitative estimate of drug-likeness (QED) is 0.810. The fourth-order valence-electron chi connectivity index (χ4n) is 3.05. The lowest BCUT2D eigenvalue weighted by Gasteiger charge is -2.17. The monoisotopic (exact) mass is 356 g/mol. The molecule has 136 valence electrons. The summed E-state index contributed by atoms with van der Waals surface area (Å²) >= 11 is 0. The molecule has 26 heavy (non-hydrogen) atoms. The highest BCUT2D eigenvalue weighted by molar-refractivity contribution is 6.09. The zero-order chi connectivity index (χ0) is 18.5. The van der Waals surface area contributed by atoms with Crippen molar-refractivity contribution in [3.63, 3.8) is 0 Å². The van der Waals surface area contributed by atoms with E-state index in [9.17, 15) is 14.0 Å². The normalized spacial score (nSPS) is 16.6. The van der Waals surface area contributed by atoms with Crippen molar-refractivity contribution >= 4 is 17.5 Å². The summed E-state index contributed by atoms with van der Waals surface area (Å²) in [5, 5.41) is 2.82. The molecule has 0 aliphatic carbocycles. The number of anilines is 1. The van der Waals surface area contributed by atoms with Crippen LogP contribution in [-0.4, -0.2) is 25.0 Å². The van der Waals surface area contributed by atoms with Crippen LogP contribution in [0.5, 0.6) is 5.75 Å². The molecule has 2 aromatic rings. The lowest BCUT2D eigenvalue weighted by molar-refractivity contribution is -0.132. The number of benzene rings is 2. The van der Waals surface area contributed by atoms with Gasteiger partial charge < -0.3 is 15.0 Å². The molecule has 3 rings (SSSR count). The minimum atomic E-state index is -0.723. The maximum Gasteiger partial charge on any atom is 0.239 e. The van der Waals surface area contributed by atoms with Crippen molar-refractivity contribution in [2.45, 2.75) is 19.9 Å². The number of carbonyl (C=O) groups is 2. The van der Waals surface area contributed by atoms with Crippen molar-refractivity contribution in [2.24, 2.45) is 5.92 Å². The molecule has 6 heteroatoms. The molecular weight excluding hydrogens is 335 g/mol. The first kappa shape index (κ1) is 17.9. The van der Waals surface area contributed by atoms with Crippen molar-refractivity contribution in [2.75, 3.05) is 18.1 Å². The molecule has 2 amide bonds. The summed E-state index contributed by atoms with van der Waals surface area (Å²) in [5.41, 5.74) is 1.47. The predicted octanol–water partition coefficient (Wildman–Crippen LogP) is 2.89. The van der Waals surface area contributed by atoms with Crippen LogP contribution in [0.25, 0.3) is 0 Å². The van der Waals surface area contributed by atoms with E-state index in [2.05, 4.69) is 5.32 Å². The van der Waals surface area contributed by atoms with Crippen LogP contribution in [0.3, 0.4) is 0 Å². The molecule has 0 spiro atoms. The maximum atomic E-state index is 13.0. The Kier molecular flexibility index (Phi) is 5.51. The topological polar surface area (TPSA) is 58.6 Å². The van der Waals surface area contributed by atoms with Gasteiger partial charge >= 0.3 is 0 Å². The van der Waals surface area contributed by atoms with Crippen molar-refractivity contribution in [3.8, 4) is 5.75 Å². The van der Waals surface area contributed by atoms with Gasteiger partial charge in [-0.05, 0) is 43.7 Å². The number of ether oxygens (including phenoxy) is 1. The number of rotatable bonds is 6. The van der Waals surface area contributed by atoms with Crippen LogP contribution in [-0.2, 0) is 16.1 Å². The third kappa shape index (κ3) is 3.85. The highest BCUT2D eigenvalue weighted by atomic mass is 19.1. The van der Waals surface area contributed by atoms with Gasteiger partial charge in [0.25, 0.3) is 0 Å². The van der Waals surface area contributed by atoms with Gasteiger partial charge in [-0.1, -0.05) is 18.2 Å². The molecule has 0 bridgehead atoms. The van der Waals surface area contributed by atoms with E-state index in [1.807, 2.05) is 31.2 Å². The van der Waals surface area contributed by atoms with Crippen molar-refractivity contribution in [1.29, 1.82) is 0 Å². The first-order valence-electron chi connectivity index (χ1n) is 8.65. The van der Waals surface area contributed by atoms with Gasteiger partial charge in [-0.25, -0.2) is 4.39 Å². The number of nitrogens with zero attached hydrogens (tertiary/aromatic N) is 1. The first-order chi connectivity index (χ1) is 12.6. The van der Waals surface area contributed by atoms with Gasteiger partial charge in [0.2, 0.25) is 11.8 Å². The van der Waals surface area contributed by atoms with Crippen LogP contribution in [0.4, 0.5) is 10.1 Å². The summed E-state index contributed by atoms with van der Waals surface area (Å²) in [6, 6.07) is 13.2. The minimum Gasteiger partial charge on any atom is -0.494 e. The van der Waals surface area contributed by atoms with Gasteiger partial charge in [0.05, 0.1) is 6.61 Å². The molecule has 1 saturated heterocycles. The zero-order valence-electron chi connectivity index (χ0n) is 14.6. The molecule has 1 N–H and O–H groups in total. The van der Waals surface area contributed by atoms with Crippen LogP contribution in [0, 0.1) is 11.7 Å². The molecular formula is C20H21FN2O3.